The highest BCUT2D eigenvalue weighted by atomic mass is 28.4. The molecule has 0 heterocycles. The van der Waals surface area contributed by atoms with Crippen LogP contribution >= 0.6 is 0 Å². The van der Waals surface area contributed by atoms with E-state index in [2.05, 4.69) is 93.0 Å². The van der Waals surface area contributed by atoms with E-state index in [0.29, 0.717) is 0 Å². The van der Waals surface area contributed by atoms with Gasteiger partial charge in [0.25, 0.3) is 0 Å². The first-order valence-electron chi connectivity index (χ1n) is 8.65. The van der Waals surface area contributed by atoms with E-state index in [4.69, 9.17) is 4.43 Å². The second kappa shape index (κ2) is 5.75. The minimum Gasteiger partial charge on any atom is -0.544 e. The Hall–Kier alpha value is -2.58. The van der Waals surface area contributed by atoms with Gasteiger partial charge in [-0.05, 0) is 58.0 Å². The molecule has 0 aliphatic carbocycles. The lowest BCUT2D eigenvalue weighted by molar-refractivity contribution is 0.516. The lowest BCUT2D eigenvalue weighted by Gasteiger charge is -2.21. The third-order valence-electron chi connectivity index (χ3n) is 4.48. The predicted octanol–water partition coefficient (Wildman–Crippen LogP) is 6.97. The van der Waals surface area contributed by atoms with Gasteiger partial charge in [-0.1, -0.05) is 67.2 Å². The molecule has 0 radical (unpaired) electrons. The van der Waals surface area contributed by atoms with E-state index in [0.717, 1.165) is 11.3 Å². The summed E-state index contributed by atoms with van der Waals surface area (Å²) in [6.45, 7) is 10.7. The largest absolute Gasteiger partial charge is 0.544 e. The highest BCUT2D eigenvalue weighted by Crippen LogP contribution is 2.34. The van der Waals surface area contributed by atoms with Gasteiger partial charge < -0.3 is 4.43 Å². The molecule has 0 spiro atoms. The minimum atomic E-state index is -1.67. The topological polar surface area (TPSA) is 9.23 Å². The van der Waals surface area contributed by atoms with Crippen molar-refractivity contribution in [2.75, 3.05) is 0 Å². The molecule has 0 bridgehead atoms. The van der Waals surface area contributed by atoms with Crippen molar-refractivity contribution in [1.29, 1.82) is 0 Å². The molecule has 4 aromatic rings. The standard InChI is InChI=1S/C23H22OSi/c1-16(24-25(2,3)4)20-14-11-18-10-13-19-12-9-17-7-5-6-8-21(17)23(19)22(18)15-20/h5-15H,1H2,2-4H3. The van der Waals surface area contributed by atoms with Gasteiger partial charge in [-0.2, -0.15) is 0 Å². The summed E-state index contributed by atoms with van der Waals surface area (Å²) >= 11 is 0. The molecule has 0 unspecified atom stereocenters. The maximum Gasteiger partial charge on any atom is 0.242 e. The fraction of sp³-hybridized carbons (Fsp3) is 0.130. The van der Waals surface area contributed by atoms with Gasteiger partial charge in [-0.3, -0.25) is 0 Å². The Morgan fingerprint density at radius 1 is 0.760 bits per heavy atom. The van der Waals surface area contributed by atoms with Gasteiger partial charge in [0, 0.05) is 5.56 Å². The summed E-state index contributed by atoms with van der Waals surface area (Å²) in [5, 5.41) is 7.63. The molecule has 0 saturated carbocycles. The maximum atomic E-state index is 6.12. The van der Waals surface area contributed by atoms with Crippen LogP contribution in [0.2, 0.25) is 19.6 Å². The zero-order chi connectivity index (χ0) is 17.6. The number of fused-ring (bicyclic) bond motifs is 5. The average molecular weight is 343 g/mol. The van der Waals surface area contributed by atoms with Gasteiger partial charge in [0.1, 0.15) is 5.76 Å². The Labute approximate surface area is 149 Å². The Balaban J connectivity index is 2.01. The summed E-state index contributed by atoms with van der Waals surface area (Å²) in [7, 11) is -1.67. The molecule has 0 atom stereocenters. The van der Waals surface area contributed by atoms with Crippen molar-refractivity contribution in [2.24, 2.45) is 0 Å². The van der Waals surface area contributed by atoms with Crippen LogP contribution in [0.15, 0.2) is 73.3 Å². The number of hydrogen-bond acceptors (Lipinski definition) is 1. The second-order valence-electron chi connectivity index (χ2n) is 7.52. The average Bonchev–Trinajstić information content (AvgIpc) is 2.59. The van der Waals surface area contributed by atoms with Crippen LogP contribution in [0.4, 0.5) is 0 Å². The summed E-state index contributed by atoms with van der Waals surface area (Å²) in [5.74, 6) is 0.776. The Morgan fingerprint density at radius 2 is 1.36 bits per heavy atom. The fourth-order valence-corrected chi connectivity index (χ4v) is 4.28. The van der Waals surface area contributed by atoms with Gasteiger partial charge in [-0.15, -0.1) is 0 Å². The predicted molar refractivity (Wildman–Crippen MR) is 112 cm³/mol. The van der Waals surface area contributed by atoms with E-state index >= 15 is 0 Å². The molecule has 0 amide bonds. The molecule has 0 saturated heterocycles. The molecule has 1 nitrogen and oxygen atoms in total. The summed E-state index contributed by atoms with van der Waals surface area (Å²) in [6, 6.07) is 23.9. The van der Waals surface area contributed by atoms with Crippen molar-refractivity contribution < 1.29 is 4.43 Å². The van der Waals surface area contributed by atoms with E-state index < -0.39 is 8.32 Å². The van der Waals surface area contributed by atoms with E-state index in [-0.39, 0.29) is 0 Å². The molecule has 0 aliphatic heterocycles. The smallest absolute Gasteiger partial charge is 0.242 e. The highest BCUT2D eigenvalue weighted by molar-refractivity contribution is 6.70. The molecule has 124 valence electrons. The Kier molecular flexibility index (Phi) is 3.66. The van der Waals surface area contributed by atoms with Crippen LogP contribution in [0.5, 0.6) is 0 Å². The van der Waals surface area contributed by atoms with Gasteiger partial charge in [-0.25, -0.2) is 0 Å². The van der Waals surface area contributed by atoms with Crippen LogP contribution in [0.1, 0.15) is 5.56 Å². The second-order valence-corrected chi connectivity index (χ2v) is 12.0. The molecule has 0 fully saturated rings. The quantitative estimate of drug-likeness (QED) is 0.222. The van der Waals surface area contributed by atoms with Gasteiger partial charge in [0.2, 0.25) is 8.32 Å². The molecular weight excluding hydrogens is 320 g/mol. The summed E-state index contributed by atoms with van der Waals surface area (Å²) < 4.78 is 6.12. The molecular formula is C23H22OSi. The first-order chi connectivity index (χ1) is 11.9. The van der Waals surface area contributed by atoms with E-state index in [1.165, 1.54) is 32.3 Å². The molecule has 0 aliphatic rings. The van der Waals surface area contributed by atoms with Crippen molar-refractivity contribution in [1.82, 2.24) is 0 Å². The Morgan fingerprint density at radius 3 is 2.08 bits per heavy atom. The minimum absolute atomic E-state index is 0.776. The number of benzene rings is 4. The van der Waals surface area contributed by atoms with Crippen molar-refractivity contribution in [2.45, 2.75) is 19.6 Å². The van der Waals surface area contributed by atoms with E-state index in [9.17, 15) is 0 Å². The van der Waals surface area contributed by atoms with Crippen LogP contribution in [-0.2, 0) is 4.43 Å². The van der Waals surface area contributed by atoms with Crippen molar-refractivity contribution in [3.63, 3.8) is 0 Å². The van der Waals surface area contributed by atoms with Crippen LogP contribution < -0.4 is 0 Å². The van der Waals surface area contributed by atoms with Crippen LogP contribution in [0, 0.1) is 0 Å². The van der Waals surface area contributed by atoms with Crippen LogP contribution in [-0.4, -0.2) is 8.32 Å². The van der Waals surface area contributed by atoms with Crippen molar-refractivity contribution >= 4 is 46.4 Å². The van der Waals surface area contributed by atoms with Gasteiger partial charge in [0.15, 0.2) is 0 Å². The summed E-state index contributed by atoms with van der Waals surface area (Å²) in [5.41, 5.74) is 1.07. The van der Waals surface area contributed by atoms with E-state index in [1.807, 2.05) is 0 Å². The first-order valence-corrected chi connectivity index (χ1v) is 12.1. The van der Waals surface area contributed by atoms with Crippen LogP contribution in [0.3, 0.4) is 0 Å². The molecule has 0 aromatic heterocycles. The monoisotopic (exact) mass is 342 g/mol. The lowest BCUT2D eigenvalue weighted by Crippen LogP contribution is -2.24. The SMILES string of the molecule is C=C(O[Si](C)(C)C)c1ccc2ccc3ccc4ccccc4c3c2c1. The normalized spacial score (nSPS) is 12.0. The zero-order valence-corrected chi connectivity index (χ0v) is 16.0. The van der Waals surface area contributed by atoms with Crippen molar-refractivity contribution in [3.8, 4) is 0 Å². The summed E-state index contributed by atoms with van der Waals surface area (Å²) in [6.07, 6.45) is 0. The van der Waals surface area contributed by atoms with Crippen molar-refractivity contribution in [3.05, 3.63) is 78.9 Å². The van der Waals surface area contributed by atoms with E-state index in [1.54, 1.807) is 0 Å². The lowest BCUT2D eigenvalue weighted by atomic mass is 9.95. The first kappa shape index (κ1) is 15.9. The molecule has 4 rings (SSSR count). The zero-order valence-electron chi connectivity index (χ0n) is 15.0. The molecule has 25 heavy (non-hydrogen) atoms. The molecule has 4 aromatic carbocycles. The molecule has 0 N–H and O–H groups in total. The Bertz CT molecular complexity index is 1110. The third-order valence-corrected chi connectivity index (χ3v) is 5.34. The van der Waals surface area contributed by atoms with Gasteiger partial charge in [0.05, 0.1) is 0 Å². The number of hydrogen-bond donors (Lipinski definition) is 0. The molecule has 2 heteroatoms. The van der Waals surface area contributed by atoms with Gasteiger partial charge >= 0.3 is 0 Å². The van der Waals surface area contributed by atoms with Crippen LogP contribution in [0.25, 0.3) is 38.1 Å². The maximum absolute atomic E-state index is 6.12. The fourth-order valence-electron chi connectivity index (χ4n) is 3.43. The number of rotatable bonds is 3. The summed E-state index contributed by atoms with van der Waals surface area (Å²) in [4.78, 5) is 0. The highest BCUT2D eigenvalue weighted by Gasteiger charge is 2.18. The third kappa shape index (κ3) is 2.94.